The number of rotatable bonds is 19. The van der Waals surface area contributed by atoms with Gasteiger partial charge in [-0.2, -0.15) is 0 Å². The maximum atomic E-state index is 12.0. The summed E-state index contributed by atoms with van der Waals surface area (Å²) in [5.74, 6) is -1.24. The normalized spacial score (nSPS) is 17.4. The van der Waals surface area contributed by atoms with E-state index in [1.54, 1.807) is 0 Å². The molecule has 0 aliphatic carbocycles. The van der Waals surface area contributed by atoms with Crippen molar-refractivity contribution in [3.63, 3.8) is 0 Å². The van der Waals surface area contributed by atoms with E-state index in [9.17, 15) is 35.1 Å². The summed E-state index contributed by atoms with van der Waals surface area (Å²) in [7, 11) is 0. The first kappa shape index (κ1) is 25.2. The van der Waals surface area contributed by atoms with E-state index in [-0.39, 0.29) is 12.8 Å². The fraction of sp³-hybridized carbons (Fsp3) is 0.909. The summed E-state index contributed by atoms with van der Waals surface area (Å²) in [4.78, 5) is 23.7. The standard InChI is InChI=1S/C22H42O8/c1-3-5-7-9-11-13-16(23)19(26)21(28)22(29)20(27)17(24)15-30-18(25)14-12-10-8-6-4-2/h17,19-22,24,26-29H,3-15H2,1-2H3/t17-,19?,20-,21+,22+/m1/s1/i1D,2D. The van der Waals surface area contributed by atoms with E-state index < -0.39 is 48.9 Å². The quantitative estimate of drug-likeness (QED) is 0.152. The Morgan fingerprint density at radius 1 is 0.733 bits per heavy atom. The summed E-state index contributed by atoms with van der Waals surface area (Å²) in [5, 5.41) is 49.9. The molecule has 0 heterocycles. The Labute approximate surface area is 183 Å². The number of hydrogen-bond acceptors (Lipinski definition) is 8. The summed E-state index contributed by atoms with van der Waals surface area (Å²) in [6.45, 7) is 0.163. The molecule has 0 amide bonds. The lowest BCUT2D eigenvalue weighted by atomic mass is 9.95. The van der Waals surface area contributed by atoms with Gasteiger partial charge in [0.2, 0.25) is 0 Å². The van der Waals surface area contributed by atoms with Crippen LogP contribution < -0.4 is 0 Å². The van der Waals surface area contributed by atoms with E-state index in [0.717, 1.165) is 51.4 Å². The Morgan fingerprint density at radius 2 is 1.27 bits per heavy atom. The van der Waals surface area contributed by atoms with Gasteiger partial charge >= 0.3 is 5.97 Å². The molecule has 0 aromatic rings. The van der Waals surface area contributed by atoms with E-state index in [4.69, 9.17) is 7.48 Å². The van der Waals surface area contributed by atoms with Crippen molar-refractivity contribution in [1.82, 2.24) is 0 Å². The molecule has 5 N–H and O–H groups in total. The topological polar surface area (TPSA) is 145 Å². The lowest BCUT2D eigenvalue weighted by molar-refractivity contribution is -0.163. The fourth-order valence-electron chi connectivity index (χ4n) is 2.93. The van der Waals surface area contributed by atoms with Gasteiger partial charge < -0.3 is 30.3 Å². The highest BCUT2D eigenvalue weighted by molar-refractivity contribution is 5.83. The van der Waals surface area contributed by atoms with Crippen molar-refractivity contribution >= 4 is 11.8 Å². The minimum Gasteiger partial charge on any atom is -0.463 e. The van der Waals surface area contributed by atoms with Crippen molar-refractivity contribution < 1.29 is 42.6 Å². The Hall–Kier alpha value is -1.06. The van der Waals surface area contributed by atoms with Crippen LogP contribution in [0, 0.1) is 0 Å². The first-order valence-electron chi connectivity index (χ1n) is 12.3. The molecule has 8 heteroatoms. The minimum atomic E-state index is -2.00. The summed E-state index contributed by atoms with van der Waals surface area (Å²) in [6, 6.07) is 0. The van der Waals surface area contributed by atoms with Gasteiger partial charge in [0.25, 0.3) is 0 Å². The molecule has 0 aliphatic rings. The second kappa shape index (κ2) is 17.6. The molecule has 0 saturated carbocycles. The van der Waals surface area contributed by atoms with Gasteiger partial charge in [-0.3, -0.25) is 9.59 Å². The molecule has 0 spiro atoms. The van der Waals surface area contributed by atoms with E-state index in [2.05, 4.69) is 0 Å². The average Bonchev–Trinajstić information content (AvgIpc) is 2.79. The number of Topliss-reactive ketones (excluding diaryl/α,β-unsaturated/α-hetero) is 1. The van der Waals surface area contributed by atoms with Gasteiger partial charge in [0.05, 0.1) is 0 Å². The number of esters is 1. The molecule has 0 aliphatic heterocycles. The lowest BCUT2D eigenvalue weighted by Gasteiger charge is -2.28. The first-order valence-corrected chi connectivity index (χ1v) is 10.9. The maximum Gasteiger partial charge on any atom is 0.305 e. The van der Waals surface area contributed by atoms with Crippen LogP contribution in [0.1, 0.15) is 93.6 Å². The molecular formula is C22H42O8. The Bertz CT molecular complexity index is 495. The monoisotopic (exact) mass is 436 g/mol. The molecule has 8 nitrogen and oxygen atoms in total. The van der Waals surface area contributed by atoms with Gasteiger partial charge in [-0.05, 0) is 12.8 Å². The van der Waals surface area contributed by atoms with Crippen LogP contribution in [0.15, 0.2) is 0 Å². The molecule has 5 atom stereocenters. The van der Waals surface area contributed by atoms with Gasteiger partial charge in [0, 0.05) is 15.6 Å². The number of aliphatic hydroxyl groups excluding tert-OH is 5. The van der Waals surface area contributed by atoms with Crippen LogP contribution in [0.2, 0.25) is 0 Å². The van der Waals surface area contributed by atoms with E-state index in [0.29, 0.717) is 26.6 Å². The van der Waals surface area contributed by atoms with Crippen molar-refractivity contribution in [2.24, 2.45) is 0 Å². The molecule has 0 rings (SSSR count). The number of unbranched alkanes of at least 4 members (excludes halogenated alkanes) is 8. The van der Waals surface area contributed by atoms with Crippen molar-refractivity contribution in [3.8, 4) is 0 Å². The van der Waals surface area contributed by atoms with Crippen LogP contribution in [0.3, 0.4) is 0 Å². The molecular weight excluding hydrogens is 392 g/mol. The lowest BCUT2D eigenvalue weighted by Crippen LogP contribution is -2.52. The molecule has 0 fully saturated rings. The highest BCUT2D eigenvalue weighted by Crippen LogP contribution is 2.13. The zero-order valence-corrected chi connectivity index (χ0v) is 18.0. The third kappa shape index (κ3) is 12.6. The van der Waals surface area contributed by atoms with Gasteiger partial charge in [0.1, 0.15) is 37.1 Å². The fourth-order valence-corrected chi connectivity index (χ4v) is 2.93. The highest BCUT2D eigenvalue weighted by atomic mass is 16.5. The number of carbonyl (C=O) groups is 2. The SMILES string of the molecule is [2H]CCCCCCCC(=O)OC[C@@H](O)[C@@H](O)[C@H](O)[C@@H](O)C(O)C(=O)CCCCCCC[2H]. The van der Waals surface area contributed by atoms with Gasteiger partial charge in [-0.25, -0.2) is 0 Å². The highest BCUT2D eigenvalue weighted by Gasteiger charge is 2.37. The number of hydrogen-bond donors (Lipinski definition) is 5. The summed E-state index contributed by atoms with van der Waals surface area (Å²) >= 11 is 0. The molecule has 178 valence electrons. The molecule has 0 aromatic heterocycles. The molecule has 0 radical (unpaired) electrons. The van der Waals surface area contributed by atoms with Crippen LogP contribution >= 0.6 is 0 Å². The predicted molar refractivity (Wildman–Crippen MR) is 113 cm³/mol. The minimum absolute atomic E-state index is 0.00515. The van der Waals surface area contributed by atoms with Gasteiger partial charge in [-0.1, -0.05) is 65.2 Å². The van der Waals surface area contributed by atoms with Crippen molar-refractivity contribution in [3.05, 3.63) is 0 Å². The Kier molecular flexibility index (Phi) is 14.8. The molecule has 30 heavy (non-hydrogen) atoms. The van der Waals surface area contributed by atoms with Gasteiger partial charge in [-0.15, -0.1) is 0 Å². The average molecular weight is 437 g/mol. The third-order valence-electron chi connectivity index (χ3n) is 4.97. The van der Waals surface area contributed by atoms with Crippen LogP contribution in [0.4, 0.5) is 0 Å². The summed E-state index contributed by atoms with van der Waals surface area (Å²) < 4.78 is 19.0. The third-order valence-corrected chi connectivity index (χ3v) is 4.97. The number of aliphatic hydroxyl groups is 5. The van der Waals surface area contributed by atoms with Gasteiger partial charge in [0.15, 0.2) is 5.78 Å². The van der Waals surface area contributed by atoms with Crippen LogP contribution in [-0.4, -0.2) is 74.4 Å². The van der Waals surface area contributed by atoms with Crippen molar-refractivity contribution in [2.45, 2.75) is 121 Å². The Morgan fingerprint density at radius 3 is 1.83 bits per heavy atom. The van der Waals surface area contributed by atoms with Crippen molar-refractivity contribution in [1.29, 1.82) is 0 Å². The second-order valence-electron chi connectivity index (χ2n) is 7.67. The predicted octanol–water partition coefficient (Wildman–Crippen LogP) is 1.62. The van der Waals surface area contributed by atoms with E-state index in [1.165, 1.54) is 0 Å². The molecule has 0 bridgehead atoms. The molecule has 0 saturated heterocycles. The molecule has 0 aromatic carbocycles. The van der Waals surface area contributed by atoms with Crippen molar-refractivity contribution in [2.75, 3.05) is 6.61 Å². The first-order chi connectivity index (χ1) is 15.3. The number of ether oxygens (including phenoxy) is 1. The maximum absolute atomic E-state index is 12.0. The largest absolute Gasteiger partial charge is 0.463 e. The van der Waals surface area contributed by atoms with Crippen LogP contribution in [0.25, 0.3) is 0 Å². The van der Waals surface area contributed by atoms with E-state index in [1.807, 2.05) is 0 Å². The Balaban J connectivity index is 4.20. The summed E-state index contributed by atoms with van der Waals surface area (Å²) in [5.41, 5.74) is 0. The van der Waals surface area contributed by atoms with E-state index >= 15 is 0 Å². The number of ketones is 1. The zero-order chi connectivity index (χ0) is 24.4. The summed E-state index contributed by atoms with van der Waals surface area (Å²) in [6.07, 6.45) is -1.45. The van der Waals surface area contributed by atoms with Crippen LogP contribution in [0.5, 0.6) is 0 Å². The number of carbonyl (C=O) groups excluding carboxylic acids is 2. The second-order valence-corrected chi connectivity index (χ2v) is 7.67. The zero-order valence-electron chi connectivity index (χ0n) is 20.0. The smallest absolute Gasteiger partial charge is 0.305 e. The van der Waals surface area contributed by atoms with Crippen LogP contribution in [-0.2, 0) is 14.3 Å². The molecule has 1 unspecified atom stereocenters.